The Hall–Kier alpha value is -2.81. The third kappa shape index (κ3) is 5.41. The van der Waals surface area contributed by atoms with E-state index in [1.54, 1.807) is 34.1 Å². The van der Waals surface area contributed by atoms with E-state index in [4.69, 9.17) is 16.9 Å². The molecule has 2 amide bonds. The predicted molar refractivity (Wildman–Crippen MR) is 122 cm³/mol. The summed E-state index contributed by atoms with van der Waals surface area (Å²) in [7, 11) is 1.31. The lowest BCUT2D eigenvalue weighted by molar-refractivity contribution is -0.142. The molecule has 8 nitrogen and oxygen atoms in total. The molecule has 1 unspecified atom stereocenters. The number of hydrogen-bond donors (Lipinski definition) is 3. The van der Waals surface area contributed by atoms with Crippen LogP contribution in [0.4, 0.5) is 16.2 Å². The normalized spacial score (nSPS) is 13.9. The zero-order chi connectivity index (χ0) is 20.3. The molecule has 2 aromatic rings. The summed E-state index contributed by atoms with van der Waals surface area (Å²) in [5.41, 5.74) is 14.3. The molecule has 3 rings (SSSR count). The van der Waals surface area contributed by atoms with Crippen LogP contribution < -0.4 is 21.3 Å². The SMILES string of the molecule is COC(=O)C(N)Cc1ccc(N2CCN(c3ccc(C(=N)N)cc3)C2=O)cc1.Cl.Cl. The number of nitrogens with zero attached hydrogens (tertiary/aromatic N) is 2. The molecule has 1 atom stereocenters. The van der Waals surface area contributed by atoms with Gasteiger partial charge in [0.25, 0.3) is 0 Å². The van der Waals surface area contributed by atoms with E-state index in [2.05, 4.69) is 4.74 Å². The molecule has 0 bridgehead atoms. The fourth-order valence-electron chi connectivity index (χ4n) is 3.14. The van der Waals surface area contributed by atoms with Gasteiger partial charge in [0.2, 0.25) is 0 Å². The molecule has 1 aliphatic rings. The van der Waals surface area contributed by atoms with Gasteiger partial charge in [-0.1, -0.05) is 12.1 Å². The van der Waals surface area contributed by atoms with E-state index in [1.807, 2.05) is 24.3 Å². The van der Waals surface area contributed by atoms with Crippen LogP contribution >= 0.6 is 24.8 Å². The number of carbonyl (C=O) groups excluding carboxylic acids is 2. The number of nitrogens with two attached hydrogens (primary N) is 2. The molecule has 5 N–H and O–H groups in total. The van der Waals surface area contributed by atoms with Gasteiger partial charge in [-0.05, 0) is 48.4 Å². The van der Waals surface area contributed by atoms with E-state index in [1.165, 1.54) is 7.11 Å². The monoisotopic (exact) mass is 453 g/mol. The number of amides is 2. The zero-order valence-corrected chi connectivity index (χ0v) is 18.0. The van der Waals surface area contributed by atoms with Gasteiger partial charge in [0.05, 0.1) is 7.11 Å². The van der Waals surface area contributed by atoms with Gasteiger partial charge in [-0.3, -0.25) is 20.0 Å². The molecule has 2 aromatic carbocycles. The van der Waals surface area contributed by atoms with Gasteiger partial charge in [0, 0.05) is 30.0 Å². The van der Waals surface area contributed by atoms with Crippen molar-refractivity contribution in [2.75, 3.05) is 30.0 Å². The van der Waals surface area contributed by atoms with Gasteiger partial charge in [-0.15, -0.1) is 24.8 Å². The van der Waals surface area contributed by atoms with Crippen molar-refractivity contribution in [2.24, 2.45) is 11.5 Å². The average Bonchev–Trinajstić information content (AvgIpc) is 3.09. The third-order valence-electron chi connectivity index (χ3n) is 4.71. The second-order valence-electron chi connectivity index (χ2n) is 6.55. The molecule has 1 heterocycles. The Kier molecular flexibility index (Phi) is 9.10. The molecular formula is C20H25Cl2N5O3. The lowest BCUT2D eigenvalue weighted by atomic mass is 10.1. The number of benzene rings is 2. The highest BCUT2D eigenvalue weighted by Crippen LogP contribution is 2.26. The van der Waals surface area contributed by atoms with Crippen molar-refractivity contribution in [3.8, 4) is 0 Å². The summed E-state index contributed by atoms with van der Waals surface area (Å²) < 4.78 is 4.64. The van der Waals surface area contributed by atoms with Crippen molar-refractivity contribution in [1.29, 1.82) is 5.41 Å². The number of ether oxygens (including phenoxy) is 1. The number of esters is 1. The van der Waals surface area contributed by atoms with E-state index < -0.39 is 12.0 Å². The maximum absolute atomic E-state index is 12.8. The number of urea groups is 1. The largest absolute Gasteiger partial charge is 0.468 e. The first kappa shape index (κ1) is 25.2. The highest BCUT2D eigenvalue weighted by Gasteiger charge is 2.30. The van der Waals surface area contributed by atoms with Gasteiger partial charge in [-0.25, -0.2) is 4.79 Å². The summed E-state index contributed by atoms with van der Waals surface area (Å²) in [6.07, 6.45) is 0.371. The van der Waals surface area contributed by atoms with Crippen LogP contribution in [0.15, 0.2) is 48.5 Å². The maximum atomic E-state index is 12.8. The van der Waals surface area contributed by atoms with Crippen molar-refractivity contribution in [1.82, 2.24) is 0 Å². The van der Waals surface area contributed by atoms with Gasteiger partial charge < -0.3 is 16.2 Å². The summed E-state index contributed by atoms with van der Waals surface area (Å²) in [6.45, 7) is 1.13. The summed E-state index contributed by atoms with van der Waals surface area (Å²) in [4.78, 5) is 27.6. The Balaban J connectivity index is 0.00000225. The Morgan fingerprint density at radius 3 is 1.93 bits per heavy atom. The van der Waals surface area contributed by atoms with Crippen LogP contribution in [0, 0.1) is 5.41 Å². The van der Waals surface area contributed by atoms with Gasteiger partial charge in [0.15, 0.2) is 0 Å². The van der Waals surface area contributed by atoms with Crippen LogP contribution in [0.5, 0.6) is 0 Å². The maximum Gasteiger partial charge on any atom is 0.329 e. The molecule has 1 fully saturated rings. The number of carbonyl (C=O) groups is 2. The fraction of sp³-hybridized carbons (Fsp3) is 0.250. The minimum atomic E-state index is -0.710. The Bertz CT molecular complexity index is 890. The molecular weight excluding hydrogens is 429 g/mol. The summed E-state index contributed by atoms with van der Waals surface area (Å²) in [5, 5.41) is 7.45. The van der Waals surface area contributed by atoms with E-state index in [9.17, 15) is 9.59 Å². The smallest absolute Gasteiger partial charge is 0.329 e. The first-order chi connectivity index (χ1) is 13.4. The van der Waals surface area contributed by atoms with Crippen molar-refractivity contribution in [3.05, 3.63) is 59.7 Å². The molecule has 0 aliphatic carbocycles. The van der Waals surface area contributed by atoms with Crippen LogP contribution in [-0.2, 0) is 16.0 Å². The molecule has 1 saturated heterocycles. The molecule has 162 valence electrons. The van der Waals surface area contributed by atoms with Gasteiger partial charge in [0.1, 0.15) is 11.9 Å². The van der Waals surface area contributed by atoms with Crippen LogP contribution in [0.2, 0.25) is 0 Å². The number of anilines is 2. The second kappa shape index (κ2) is 10.8. The third-order valence-corrected chi connectivity index (χ3v) is 4.71. The summed E-state index contributed by atoms with van der Waals surface area (Å²) in [5.74, 6) is -0.460. The van der Waals surface area contributed by atoms with Gasteiger partial charge in [-0.2, -0.15) is 0 Å². The standard InChI is InChI=1S/C20H23N5O3.2ClH/c1-28-19(26)17(21)12-13-2-6-15(7-3-13)24-10-11-25(20(24)27)16-8-4-14(5-9-16)18(22)23;;/h2-9,17H,10-12,21H2,1H3,(H3,22,23);2*1H. The van der Waals surface area contributed by atoms with Crippen LogP contribution in [0.25, 0.3) is 0 Å². The van der Waals surface area contributed by atoms with Gasteiger partial charge >= 0.3 is 12.0 Å². The number of halogens is 2. The lowest BCUT2D eigenvalue weighted by Crippen LogP contribution is -2.33. The van der Waals surface area contributed by atoms with Crippen LogP contribution in [0.3, 0.4) is 0 Å². The van der Waals surface area contributed by atoms with E-state index in [0.29, 0.717) is 25.1 Å². The second-order valence-corrected chi connectivity index (χ2v) is 6.55. The van der Waals surface area contributed by atoms with E-state index in [-0.39, 0.29) is 36.7 Å². The molecule has 0 saturated carbocycles. The highest BCUT2D eigenvalue weighted by molar-refractivity contribution is 6.06. The highest BCUT2D eigenvalue weighted by atomic mass is 35.5. The number of methoxy groups -OCH3 is 1. The lowest BCUT2D eigenvalue weighted by Gasteiger charge is -2.19. The van der Waals surface area contributed by atoms with E-state index >= 15 is 0 Å². The van der Waals surface area contributed by atoms with E-state index in [0.717, 1.165) is 16.9 Å². The van der Waals surface area contributed by atoms with Crippen molar-refractivity contribution in [2.45, 2.75) is 12.5 Å². The molecule has 1 aliphatic heterocycles. The number of nitrogens with one attached hydrogen (secondary N) is 1. The Morgan fingerprint density at radius 2 is 1.50 bits per heavy atom. The van der Waals surface area contributed by atoms with Crippen molar-refractivity contribution >= 4 is 54.0 Å². The molecule has 0 aromatic heterocycles. The minimum absolute atomic E-state index is 0. The van der Waals surface area contributed by atoms with Crippen LogP contribution in [-0.4, -0.2) is 44.1 Å². The molecule has 0 spiro atoms. The summed E-state index contributed by atoms with van der Waals surface area (Å²) in [6, 6.07) is 13.6. The van der Waals surface area contributed by atoms with Crippen LogP contribution in [0.1, 0.15) is 11.1 Å². The first-order valence-electron chi connectivity index (χ1n) is 8.86. The molecule has 30 heavy (non-hydrogen) atoms. The Morgan fingerprint density at radius 1 is 1.03 bits per heavy atom. The Labute approximate surface area is 187 Å². The molecule has 0 radical (unpaired) electrons. The number of hydrogen-bond acceptors (Lipinski definition) is 5. The van der Waals surface area contributed by atoms with Crippen molar-refractivity contribution < 1.29 is 14.3 Å². The number of amidine groups is 1. The average molecular weight is 454 g/mol. The minimum Gasteiger partial charge on any atom is -0.468 e. The quantitative estimate of drug-likeness (QED) is 0.351. The molecule has 10 heteroatoms. The summed E-state index contributed by atoms with van der Waals surface area (Å²) >= 11 is 0. The zero-order valence-electron chi connectivity index (χ0n) is 16.4. The first-order valence-corrected chi connectivity index (χ1v) is 8.86. The van der Waals surface area contributed by atoms with Crippen molar-refractivity contribution in [3.63, 3.8) is 0 Å². The fourth-order valence-corrected chi connectivity index (χ4v) is 3.14. The number of rotatable bonds is 6. The predicted octanol–water partition coefficient (Wildman–Crippen LogP) is 2.30. The number of nitrogen functional groups attached to an aromatic ring is 1. The topological polar surface area (TPSA) is 126 Å².